The molecule has 2 aromatic carbocycles. The second-order valence-electron chi connectivity index (χ2n) is 7.86. The van der Waals surface area contributed by atoms with Crippen molar-refractivity contribution in [1.29, 1.82) is 0 Å². The van der Waals surface area contributed by atoms with Gasteiger partial charge in [-0.05, 0) is 63.1 Å². The minimum Gasteiger partial charge on any atom is -0.306 e. The maximum atomic E-state index is 12.8. The van der Waals surface area contributed by atoms with E-state index in [9.17, 15) is 13.2 Å². The molecule has 1 aromatic heterocycles. The van der Waals surface area contributed by atoms with Crippen LogP contribution in [0.25, 0.3) is 5.69 Å². The van der Waals surface area contributed by atoms with Crippen molar-refractivity contribution in [1.82, 2.24) is 14.1 Å². The molecule has 1 saturated heterocycles. The van der Waals surface area contributed by atoms with Crippen LogP contribution in [0.3, 0.4) is 0 Å². The van der Waals surface area contributed by atoms with Crippen LogP contribution < -0.4 is 5.32 Å². The molecular formula is C23H26N4O3S. The lowest BCUT2D eigenvalue weighted by molar-refractivity contribution is 0.102. The van der Waals surface area contributed by atoms with Crippen LogP contribution in [0.2, 0.25) is 0 Å². The van der Waals surface area contributed by atoms with Gasteiger partial charge < -0.3 is 5.32 Å². The molecule has 1 aliphatic rings. The largest absolute Gasteiger partial charge is 0.306 e. The molecule has 1 N–H and O–H groups in total. The maximum absolute atomic E-state index is 12.8. The van der Waals surface area contributed by atoms with Gasteiger partial charge in [0.25, 0.3) is 5.91 Å². The van der Waals surface area contributed by atoms with Crippen molar-refractivity contribution in [2.45, 2.75) is 38.0 Å². The highest BCUT2D eigenvalue weighted by molar-refractivity contribution is 7.89. The van der Waals surface area contributed by atoms with Gasteiger partial charge in [0.15, 0.2) is 0 Å². The molecule has 1 aliphatic heterocycles. The first-order chi connectivity index (χ1) is 14.8. The highest BCUT2D eigenvalue weighted by atomic mass is 32.2. The molecule has 4 rings (SSSR count). The minimum atomic E-state index is -3.52. The van der Waals surface area contributed by atoms with Crippen molar-refractivity contribution in [3.05, 3.63) is 71.4 Å². The molecule has 31 heavy (non-hydrogen) atoms. The lowest BCUT2D eigenvalue weighted by atomic mass is 10.2. The maximum Gasteiger partial charge on any atom is 0.256 e. The SMILES string of the molecule is Cc1ccc(-n2nc(C)cc2NC(=O)c2ccc(S(=O)(=O)N3CCCCC3)cc2)cc1. The van der Waals surface area contributed by atoms with E-state index < -0.39 is 10.0 Å². The third kappa shape index (κ3) is 4.55. The predicted octanol–water partition coefficient (Wildman–Crippen LogP) is 3.92. The average molecular weight is 439 g/mol. The van der Waals surface area contributed by atoms with Gasteiger partial charge in [0, 0.05) is 24.7 Å². The molecule has 162 valence electrons. The summed E-state index contributed by atoms with van der Waals surface area (Å²) in [5.41, 5.74) is 3.14. The monoisotopic (exact) mass is 438 g/mol. The first kappa shape index (κ1) is 21.3. The number of aryl methyl sites for hydroxylation is 2. The number of aromatic nitrogens is 2. The molecule has 2 heterocycles. The number of amides is 1. The summed E-state index contributed by atoms with van der Waals surface area (Å²) in [6.07, 6.45) is 2.82. The van der Waals surface area contributed by atoms with Gasteiger partial charge in [0.2, 0.25) is 10.0 Å². The van der Waals surface area contributed by atoms with Crippen molar-refractivity contribution in [2.75, 3.05) is 18.4 Å². The average Bonchev–Trinajstić information content (AvgIpc) is 3.15. The highest BCUT2D eigenvalue weighted by Gasteiger charge is 2.26. The normalized spacial score (nSPS) is 15.0. The Hall–Kier alpha value is -2.97. The first-order valence-corrected chi connectivity index (χ1v) is 11.8. The zero-order chi connectivity index (χ0) is 22.0. The van der Waals surface area contributed by atoms with E-state index in [0.29, 0.717) is 24.5 Å². The van der Waals surface area contributed by atoms with Crippen LogP contribution in [0.1, 0.15) is 40.9 Å². The van der Waals surface area contributed by atoms with Gasteiger partial charge >= 0.3 is 0 Å². The summed E-state index contributed by atoms with van der Waals surface area (Å²) in [6.45, 7) is 4.97. The van der Waals surface area contributed by atoms with Gasteiger partial charge in [-0.3, -0.25) is 4.79 Å². The molecule has 0 spiro atoms. The smallest absolute Gasteiger partial charge is 0.256 e. The van der Waals surface area contributed by atoms with E-state index in [-0.39, 0.29) is 10.8 Å². The molecule has 0 aliphatic carbocycles. The van der Waals surface area contributed by atoms with Crippen molar-refractivity contribution in [3.8, 4) is 5.69 Å². The summed E-state index contributed by atoms with van der Waals surface area (Å²) in [7, 11) is -3.52. The van der Waals surface area contributed by atoms with Crippen LogP contribution in [0.4, 0.5) is 5.82 Å². The second-order valence-corrected chi connectivity index (χ2v) is 9.80. The van der Waals surface area contributed by atoms with Crippen LogP contribution in [0, 0.1) is 13.8 Å². The number of carbonyl (C=O) groups is 1. The zero-order valence-corrected chi connectivity index (χ0v) is 18.5. The highest BCUT2D eigenvalue weighted by Crippen LogP contribution is 2.22. The number of rotatable bonds is 5. The lowest BCUT2D eigenvalue weighted by Crippen LogP contribution is -2.35. The molecule has 3 aromatic rings. The number of nitrogens with zero attached hydrogens (tertiary/aromatic N) is 3. The molecule has 0 bridgehead atoms. The van der Waals surface area contributed by atoms with Gasteiger partial charge in [-0.15, -0.1) is 0 Å². The Labute approximate surface area is 182 Å². The fourth-order valence-corrected chi connectivity index (χ4v) is 5.21. The Morgan fingerprint density at radius 1 is 0.935 bits per heavy atom. The summed E-state index contributed by atoms with van der Waals surface area (Å²) < 4.78 is 28.8. The van der Waals surface area contributed by atoms with Crippen LogP contribution >= 0.6 is 0 Å². The molecular weight excluding hydrogens is 412 g/mol. The van der Waals surface area contributed by atoms with Gasteiger partial charge in [-0.2, -0.15) is 9.40 Å². The molecule has 8 heteroatoms. The van der Waals surface area contributed by atoms with E-state index in [1.807, 2.05) is 38.1 Å². The lowest BCUT2D eigenvalue weighted by Gasteiger charge is -2.25. The Balaban J connectivity index is 1.53. The molecule has 1 fully saturated rings. The number of nitrogens with one attached hydrogen (secondary N) is 1. The van der Waals surface area contributed by atoms with Crippen LogP contribution in [0.15, 0.2) is 59.5 Å². The first-order valence-electron chi connectivity index (χ1n) is 10.4. The van der Waals surface area contributed by atoms with Crippen molar-refractivity contribution in [2.24, 2.45) is 0 Å². The third-order valence-corrected chi connectivity index (χ3v) is 7.33. The van der Waals surface area contributed by atoms with Crippen molar-refractivity contribution in [3.63, 3.8) is 0 Å². The third-order valence-electron chi connectivity index (χ3n) is 5.42. The van der Waals surface area contributed by atoms with E-state index in [2.05, 4.69) is 10.4 Å². The van der Waals surface area contributed by atoms with E-state index in [1.165, 1.54) is 16.4 Å². The predicted molar refractivity (Wildman–Crippen MR) is 120 cm³/mol. The van der Waals surface area contributed by atoms with Crippen LogP contribution in [-0.4, -0.2) is 41.5 Å². The quantitative estimate of drug-likeness (QED) is 0.654. The Kier molecular flexibility index (Phi) is 5.93. The number of piperidine rings is 1. The second kappa shape index (κ2) is 8.64. The topological polar surface area (TPSA) is 84.3 Å². The van der Waals surface area contributed by atoms with Crippen LogP contribution in [-0.2, 0) is 10.0 Å². The Bertz CT molecular complexity index is 1180. The van der Waals surface area contributed by atoms with Gasteiger partial charge in [-0.1, -0.05) is 24.1 Å². The summed E-state index contributed by atoms with van der Waals surface area (Å²) in [5.74, 6) is 0.228. The summed E-state index contributed by atoms with van der Waals surface area (Å²) in [4.78, 5) is 13.0. The molecule has 1 amide bonds. The number of carbonyl (C=O) groups excluding carboxylic acids is 1. The number of anilines is 1. The van der Waals surface area contributed by atoms with Crippen LogP contribution in [0.5, 0.6) is 0 Å². The minimum absolute atomic E-state index is 0.214. The van der Waals surface area contributed by atoms with Gasteiger partial charge in [-0.25, -0.2) is 13.1 Å². The summed E-state index contributed by atoms with van der Waals surface area (Å²) in [5, 5.41) is 7.36. The number of sulfonamides is 1. The zero-order valence-electron chi connectivity index (χ0n) is 17.7. The molecule has 0 unspecified atom stereocenters. The molecule has 0 radical (unpaired) electrons. The van der Waals surface area contributed by atoms with E-state index in [0.717, 1.165) is 36.2 Å². The standard InChI is InChI=1S/C23H26N4O3S/c1-17-6-10-20(11-7-17)27-22(16-18(2)25-27)24-23(28)19-8-12-21(13-9-19)31(29,30)26-14-4-3-5-15-26/h6-13,16H,3-5,14-15H2,1-2H3,(H,24,28). The van der Waals surface area contributed by atoms with E-state index in [4.69, 9.17) is 0 Å². The number of benzene rings is 2. The van der Waals surface area contributed by atoms with Crippen molar-refractivity contribution < 1.29 is 13.2 Å². The number of hydrogen-bond donors (Lipinski definition) is 1. The Morgan fingerprint density at radius 3 is 2.23 bits per heavy atom. The van der Waals surface area contributed by atoms with E-state index in [1.54, 1.807) is 22.9 Å². The molecule has 0 saturated carbocycles. The fourth-order valence-electron chi connectivity index (χ4n) is 3.69. The summed E-state index contributed by atoms with van der Waals surface area (Å²) >= 11 is 0. The van der Waals surface area contributed by atoms with Gasteiger partial charge in [0.1, 0.15) is 5.82 Å². The van der Waals surface area contributed by atoms with E-state index >= 15 is 0 Å². The van der Waals surface area contributed by atoms with Crippen molar-refractivity contribution >= 4 is 21.7 Å². The molecule has 7 nitrogen and oxygen atoms in total. The fraction of sp³-hybridized carbons (Fsp3) is 0.304. The van der Waals surface area contributed by atoms with Gasteiger partial charge in [0.05, 0.1) is 16.3 Å². The molecule has 0 atom stereocenters. The summed E-state index contributed by atoms with van der Waals surface area (Å²) in [6, 6.07) is 15.8. The number of hydrogen-bond acceptors (Lipinski definition) is 4. The Morgan fingerprint density at radius 2 is 1.58 bits per heavy atom.